The molecule has 0 fully saturated rings. The van der Waals surface area contributed by atoms with Crippen molar-refractivity contribution >= 4 is 0 Å². The highest BCUT2D eigenvalue weighted by Crippen LogP contribution is 2.17. The fraction of sp³-hybridized carbons (Fsp3) is 0.375. The number of benzene rings is 1. The SMILES string of the molecule is Cc1cc(=O)c(C(C)N)nn1-c1ccc(C(C)C)cc1. The molecule has 2 rings (SSSR count). The molecule has 1 heterocycles. The van der Waals surface area contributed by atoms with E-state index in [1.54, 1.807) is 17.7 Å². The van der Waals surface area contributed by atoms with E-state index in [0.717, 1.165) is 11.4 Å². The summed E-state index contributed by atoms with van der Waals surface area (Å²) in [5.41, 5.74) is 9.11. The highest BCUT2D eigenvalue weighted by molar-refractivity contribution is 5.36. The lowest BCUT2D eigenvalue weighted by molar-refractivity contribution is 0.686. The first kappa shape index (κ1) is 14.5. The Labute approximate surface area is 119 Å². The maximum Gasteiger partial charge on any atom is 0.205 e. The lowest BCUT2D eigenvalue weighted by Gasteiger charge is -2.13. The molecule has 0 aliphatic heterocycles. The van der Waals surface area contributed by atoms with Crippen LogP contribution in [0.4, 0.5) is 0 Å². The van der Waals surface area contributed by atoms with Crippen molar-refractivity contribution in [2.45, 2.75) is 39.7 Å². The summed E-state index contributed by atoms with van der Waals surface area (Å²) in [6, 6.07) is 9.43. The molecule has 2 N–H and O–H groups in total. The Bertz CT molecular complexity index is 654. The second-order valence-electron chi connectivity index (χ2n) is 5.48. The quantitative estimate of drug-likeness (QED) is 0.933. The van der Waals surface area contributed by atoms with E-state index < -0.39 is 0 Å². The lowest BCUT2D eigenvalue weighted by Crippen LogP contribution is -2.24. The lowest BCUT2D eigenvalue weighted by atomic mass is 10.0. The molecule has 0 saturated carbocycles. The van der Waals surface area contributed by atoms with Crippen LogP contribution in [0.25, 0.3) is 5.69 Å². The predicted molar refractivity (Wildman–Crippen MR) is 81.3 cm³/mol. The average Bonchev–Trinajstić information content (AvgIpc) is 2.38. The van der Waals surface area contributed by atoms with E-state index in [0.29, 0.717) is 11.6 Å². The Morgan fingerprint density at radius 1 is 1.15 bits per heavy atom. The van der Waals surface area contributed by atoms with Gasteiger partial charge in [0.2, 0.25) is 5.43 Å². The van der Waals surface area contributed by atoms with Crippen LogP contribution in [0.15, 0.2) is 35.1 Å². The third-order valence-corrected chi connectivity index (χ3v) is 3.37. The zero-order chi connectivity index (χ0) is 14.9. The van der Waals surface area contributed by atoms with E-state index in [1.165, 1.54) is 5.56 Å². The molecule has 0 saturated heterocycles. The van der Waals surface area contributed by atoms with Crippen molar-refractivity contribution in [2.75, 3.05) is 0 Å². The summed E-state index contributed by atoms with van der Waals surface area (Å²) in [6.45, 7) is 7.96. The van der Waals surface area contributed by atoms with Crippen molar-refractivity contribution in [3.63, 3.8) is 0 Å². The van der Waals surface area contributed by atoms with Crippen LogP contribution in [0.5, 0.6) is 0 Å². The van der Waals surface area contributed by atoms with Gasteiger partial charge in [-0.3, -0.25) is 4.79 Å². The van der Waals surface area contributed by atoms with E-state index in [2.05, 4.69) is 31.1 Å². The summed E-state index contributed by atoms with van der Waals surface area (Å²) in [4.78, 5) is 11.9. The van der Waals surface area contributed by atoms with Gasteiger partial charge < -0.3 is 5.73 Å². The summed E-state index contributed by atoms with van der Waals surface area (Å²) < 4.78 is 1.77. The van der Waals surface area contributed by atoms with Crippen molar-refractivity contribution in [1.82, 2.24) is 9.78 Å². The molecule has 0 amide bonds. The van der Waals surface area contributed by atoms with Crippen molar-refractivity contribution in [3.05, 3.63) is 57.5 Å². The van der Waals surface area contributed by atoms with Gasteiger partial charge in [0.15, 0.2) is 0 Å². The zero-order valence-electron chi connectivity index (χ0n) is 12.4. The number of aromatic nitrogens is 2. The molecule has 0 bridgehead atoms. The Balaban J connectivity index is 2.52. The molecule has 20 heavy (non-hydrogen) atoms. The van der Waals surface area contributed by atoms with Gasteiger partial charge in [-0.25, -0.2) is 4.68 Å². The predicted octanol–water partition coefficient (Wildman–Crippen LogP) is 2.68. The Morgan fingerprint density at radius 3 is 2.25 bits per heavy atom. The Morgan fingerprint density at radius 2 is 1.75 bits per heavy atom. The van der Waals surface area contributed by atoms with E-state index in [4.69, 9.17) is 5.73 Å². The molecular formula is C16H21N3O. The maximum absolute atomic E-state index is 11.9. The van der Waals surface area contributed by atoms with E-state index in [-0.39, 0.29) is 11.5 Å². The second kappa shape index (κ2) is 5.59. The largest absolute Gasteiger partial charge is 0.323 e. The topological polar surface area (TPSA) is 60.9 Å². The third kappa shape index (κ3) is 2.80. The van der Waals surface area contributed by atoms with Crippen molar-refractivity contribution in [2.24, 2.45) is 5.73 Å². The molecular weight excluding hydrogens is 250 g/mol. The average molecular weight is 271 g/mol. The molecule has 0 spiro atoms. The van der Waals surface area contributed by atoms with Gasteiger partial charge in [0.1, 0.15) is 5.69 Å². The second-order valence-corrected chi connectivity index (χ2v) is 5.48. The minimum atomic E-state index is -0.371. The van der Waals surface area contributed by atoms with Gasteiger partial charge >= 0.3 is 0 Å². The summed E-state index contributed by atoms with van der Waals surface area (Å²) in [5, 5.41) is 4.40. The monoisotopic (exact) mass is 271 g/mol. The first-order chi connectivity index (χ1) is 9.40. The minimum absolute atomic E-state index is 0.104. The van der Waals surface area contributed by atoms with Gasteiger partial charge in [0.25, 0.3) is 0 Å². The normalized spacial score (nSPS) is 12.7. The third-order valence-electron chi connectivity index (χ3n) is 3.37. The fourth-order valence-electron chi connectivity index (χ4n) is 2.14. The van der Waals surface area contributed by atoms with Gasteiger partial charge in [-0.15, -0.1) is 0 Å². The zero-order valence-corrected chi connectivity index (χ0v) is 12.4. The van der Waals surface area contributed by atoms with E-state index in [9.17, 15) is 4.79 Å². The number of rotatable bonds is 3. The number of hydrogen-bond donors (Lipinski definition) is 1. The molecule has 4 heteroatoms. The van der Waals surface area contributed by atoms with Crippen LogP contribution in [0.2, 0.25) is 0 Å². The molecule has 2 aromatic rings. The van der Waals surface area contributed by atoms with Gasteiger partial charge in [-0.1, -0.05) is 26.0 Å². The fourth-order valence-corrected chi connectivity index (χ4v) is 2.14. The van der Waals surface area contributed by atoms with Crippen molar-refractivity contribution in [3.8, 4) is 5.69 Å². The maximum atomic E-state index is 11.9. The first-order valence-corrected chi connectivity index (χ1v) is 6.87. The summed E-state index contributed by atoms with van der Waals surface area (Å²) in [6.07, 6.45) is 0. The summed E-state index contributed by atoms with van der Waals surface area (Å²) in [5.74, 6) is 0.492. The van der Waals surface area contributed by atoms with Gasteiger partial charge in [-0.05, 0) is 37.5 Å². The van der Waals surface area contributed by atoms with Crippen LogP contribution in [0.3, 0.4) is 0 Å². The van der Waals surface area contributed by atoms with Crippen LogP contribution >= 0.6 is 0 Å². The highest BCUT2D eigenvalue weighted by atomic mass is 16.1. The Hall–Kier alpha value is -1.94. The number of aryl methyl sites for hydroxylation is 1. The molecule has 1 aromatic carbocycles. The van der Waals surface area contributed by atoms with Crippen LogP contribution in [0.1, 0.15) is 49.7 Å². The first-order valence-electron chi connectivity index (χ1n) is 6.87. The van der Waals surface area contributed by atoms with Crippen molar-refractivity contribution in [1.29, 1.82) is 0 Å². The van der Waals surface area contributed by atoms with Crippen LogP contribution in [-0.2, 0) is 0 Å². The van der Waals surface area contributed by atoms with Gasteiger partial charge in [0, 0.05) is 17.8 Å². The van der Waals surface area contributed by atoms with E-state index >= 15 is 0 Å². The standard InChI is InChI=1S/C16H21N3O/c1-10(2)13-5-7-14(8-6-13)19-11(3)9-15(20)16(18-19)12(4)17/h5-10,12H,17H2,1-4H3. The molecule has 1 unspecified atom stereocenters. The molecule has 1 aromatic heterocycles. The molecule has 0 aliphatic rings. The van der Waals surface area contributed by atoms with Gasteiger partial charge in [-0.2, -0.15) is 5.10 Å². The van der Waals surface area contributed by atoms with Gasteiger partial charge in [0.05, 0.1) is 5.69 Å². The number of hydrogen-bond acceptors (Lipinski definition) is 3. The van der Waals surface area contributed by atoms with Crippen LogP contribution in [-0.4, -0.2) is 9.78 Å². The van der Waals surface area contributed by atoms with Crippen LogP contribution < -0.4 is 11.2 Å². The summed E-state index contributed by atoms with van der Waals surface area (Å²) in [7, 11) is 0. The smallest absolute Gasteiger partial charge is 0.205 e. The van der Waals surface area contributed by atoms with E-state index in [1.807, 2.05) is 19.1 Å². The molecule has 0 radical (unpaired) electrons. The summed E-state index contributed by atoms with van der Waals surface area (Å²) >= 11 is 0. The molecule has 0 aliphatic carbocycles. The highest BCUT2D eigenvalue weighted by Gasteiger charge is 2.11. The Kier molecular flexibility index (Phi) is 4.04. The minimum Gasteiger partial charge on any atom is -0.323 e. The van der Waals surface area contributed by atoms with Crippen LogP contribution in [0, 0.1) is 6.92 Å². The number of nitrogens with zero attached hydrogens (tertiary/aromatic N) is 2. The molecule has 1 atom stereocenters. The van der Waals surface area contributed by atoms with Crippen molar-refractivity contribution < 1.29 is 0 Å². The number of nitrogens with two attached hydrogens (primary N) is 1. The molecule has 106 valence electrons. The molecule has 4 nitrogen and oxygen atoms in total.